The molecule has 1 nitrogen and oxygen atoms in total. The van der Waals surface area contributed by atoms with Crippen LogP contribution in [0.1, 0.15) is 44.2 Å². The van der Waals surface area contributed by atoms with E-state index in [1.807, 2.05) is 25.1 Å². The third kappa shape index (κ3) is 5.17. The van der Waals surface area contributed by atoms with Crippen molar-refractivity contribution in [2.75, 3.05) is 6.61 Å². The quantitative estimate of drug-likeness (QED) is 0.271. The highest BCUT2D eigenvalue weighted by molar-refractivity contribution is 7.74. The molecule has 0 atom stereocenters. The molecule has 3 aromatic rings. The summed E-state index contributed by atoms with van der Waals surface area (Å²) in [5.41, 5.74) is 0.698. The zero-order valence-corrected chi connectivity index (χ0v) is 18.1. The first-order chi connectivity index (χ1) is 13.8. The second-order valence-electron chi connectivity index (χ2n) is 6.91. The summed E-state index contributed by atoms with van der Waals surface area (Å²) in [7, 11) is 0. The standard InChI is InChI=1S/C23H23F3OS2/c1-3-5-6-7-15-8-11-18(20(12-15)23(24,25)26)19-13-16-9-10-17(27-4-2)14-21(16)29-22(19)28/h8-14H,3-7H2,1-2H3. The number of hydrogen-bond donors (Lipinski definition) is 0. The number of fused-ring (bicyclic) bond motifs is 1. The molecule has 0 N–H and O–H groups in total. The first-order valence-corrected chi connectivity index (χ1v) is 11.0. The van der Waals surface area contributed by atoms with Crippen molar-refractivity contribution in [1.82, 2.24) is 0 Å². The summed E-state index contributed by atoms with van der Waals surface area (Å²) in [6, 6.07) is 12.0. The second-order valence-corrected chi connectivity index (χ2v) is 8.63. The van der Waals surface area contributed by atoms with Gasteiger partial charge in [-0.2, -0.15) is 13.2 Å². The summed E-state index contributed by atoms with van der Waals surface area (Å²) in [5, 5.41) is 0.849. The molecule has 0 aliphatic heterocycles. The molecule has 0 saturated carbocycles. The lowest BCUT2D eigenvalue weighted by atomic mass is 9.96. The van der Waals surface area contributed by atoms with E-state index in [1.54, 1.807) is 18.2 Å². The topological polar surface area (TPSA) is 9.23 Å². The minimum absolute atomic E-state index is 0.147. The highest BCUT2D eigenvalue weighted by atomic mass is 32.1. The van der Waals surface area contributed by atoms with E-state index in [1.165, 1.54) is 17.4 Å². The molecule has 3 rings (SSSR count). The molecule has 29 heavy (non-hydrogen) atoms. The molecule has 6 heteroatoms. The van der Waals surface area contributed by atoms with Crippen molar-refractivity contribution in [3.63, 3.8) is 0 Å². The maximum absolute atomic E-state index is 13.8. The number of aryl methyl sites for hydroxylation is 1. The van der Waals surface area contributed by atoms with Crippen molar-refractivity contribution < 1.29 is 17.9 Å². The summed E-state index contributed by atoms with van der Waals surface area (Å²) in [5.74, 6) is 0.728. The molecule has 0 saturated heterocycles. The van der Waals surface area contributed by atoms with Gasteiger partial charge in [0, 0.05) is 10.3 Å². The summed E-state index contributed by atoms with van der Waals surface area (Å²) in [4.78, 5) is 0. The van der Waals surface area contributed by atoms with Crippen LogP contribution in [0.3, 0.4) is 0 Å². The van der Waals surface area contributed by atoms with Gasteiger partial charge in [0.25, 0.3) is 0 Å². The highest BCUT2D eigenvalue weighted by Gasteiger charge is 2.34. The van der Waals surface area contributed by atoms with Gasteiger partial charge in [0.15, 0.2) is 0 Å². The predicted molar refractivity (Wildman–Crippen MR) is 117 cm³/mol. The van der Waals surface area contributed by atoms with E-state index in [2.05, 4.69) is 6.92 Å². The van der Waals surface area contributed by atoms with Crippen LogP contribution < -0.4 is 4.74 Å². The van der Waals surface area contributed by atoms with Crippen LogP contribution in [0.5, 0.6) is 5.75 Å². The van der Waals surface area contributed by atoms with E-state index in [4.69, 9.17) is 17.0 Å². The highest BCUT2D eigenvalue weighted by Crippen LogP contribution is 2.40. The molecule has 0 aliphatic rings. The Balaban J connectivity index is 2.08. The van der Waals surface area contributed by atoms with Gasteiger partial charge in [-0.1, -0.05) is 44.1 Å². The fourth-order valence-corrected chi connectivity index (χ4v) is 4.67. The smallest absolute Gasteiger partial charge is 0.417 e. The Morgan fingerprint density at radius 1 is 0.966 bits per heavy atom. The summed E-state index contributed by atoms with van der Waals surface area (Å²) in [6.45, 7) is 4.53. The monoisotopic (exact) mass is 436 g/mol. The Kier molecular flexibility index (Phi) is 6.96. The van der Waals surface area contributed by atoms with E-state index in [-0.39, 0.29) is 5.56 Å². The van der Waals surface area contributed by atoms with Crippen molar-refractivity contribution in [3.05, 3.63) is 57.4 Å². The number of ether oxygens (including phenoxy) is 1. The van der Waals surface area contributed by atoms with Crippen LogP contribution in [0, 0.1) is 3.82 Å². The van der Waals surface area contributed by atoms with Crippen molar-refractivity contribution in [3.8, 4) is 16.9 Å². The molecule has 0 radical (unpaired) electrons. The molecule has 0 unspecified atom stereocenters. The van der Waals surface area contributed by atoms with E-state index < -0.39 is 11.7 Å². The van der Waals surface area contributed by atoms with Crippen LogP contribution in [0.2, 0.25) is 0 Å². The lowest BCUT2D eigenvalue weighted by Crippen LogP contribution is -2.08. The fraction of sp³-hybridized carbons (Fsp3) is 0.348. The number of alkyl halides is 3. The van der Waals surface area contributed by atoms with Crippen LogP contribution >= 0.6 is 23.6 Å². The lowest BCUT2D eigenvalue weighted by molar-refractivity contribution is -0.137. The van der Waals surface area contributed by atoms with Crippen LogP contribution in [0.4, 0.5) is 13.2 Å². The van der Waals surface area contributed by atoms with Gasteiger partial charge in [-0.05, 0) is 66.6 Å². The summed E-state index contributed by atoms with van der Waals surface area (Å²) < 4.78 is 48.4. The maximum Gasteiger partial charge on any atom is 0.417 e. The molecular weight excluding hydrogens is 413 g/mol. The van der Waals surface area contributed by atoms with Crippen LogP contribution in [0.15, 0.2) is 42.5 Å². The van der Waals surface area contributed by atoms with Crippen LogP contribution in [-0.2, 0) is 12.6 Å². The van der Waals surface area contributed by atoms with E-state index in [9.17, 15) is 13.2 Å². The Hall–Kier alpha value is -1.92. The van der Waals surface area contributed by atoms with Gasteiger partial charge in [0.2, 0.25) is 0 Å². The van der Waals surface area contributed by atoms with Gasteiger partial charge in [-0.3, -0.25) is 0 Å². The lowest BCUT2D eigenvalue weighted by Gasteiger charge is -2.15. The number of halogens is 3. The average Bonchev–Trinajstić information content (AvgIpc) is 2.67. The van der Waals surface area contributed by atoms with Gasteiger partial charge >= 0.3 is 6.18 Å². The van der Waals surface area contributed by atoms with Crippen molar-refractivity contribution in [1.29, 1.82) is 0 Å². The number of benzene rings is 2. The third-order valence-corrected chi connectivity index (χ3v) is 6.22. The summed E-state index contributed by atoms with van der Waals surface area (Å²) in [6.07, 6.45) is -0.850. The Morgan fingerprint density at radius 2 is 1.76 bits per heavy atom. The Morgan fingerprint density at radius 3 is 2.45 bits per heavy atom. The second kappa shape index (κ2) is 9.26. The molecule has 0 amide bonds. The van der Waals surface area contributed by atoms with Crippen LogP contribution in [-0.4, -0.2) is 6.61 Å². The molecule has 0 spiro atoms. The minimum Gasteiger partial charge on any atom is -0.494 e. The Bertz CT molecular complexity index is 1050. The molecule has 154 valence electrons. The zero-order chi connectivity index (χ0) is 21.0. The first-order valence-electron chi connectivity index (χ1n) is 9.74. The largest absolute Gasteiger partial charge is 0.494 e. The van der Waals surface area contributed by atoms with Crippen molar-refractivity contribution >= 4 is 33.6 Å². The van der Waals surface area contributed by atoms with E-state index in [0.29, 0.717) is 28.0 Å². The molecule has 0 aliphatic carbocycles. The molecule has 1 aromatic heterocycles. The van der Waals surface area contributed by atoms with Gasteiger partial charge in [0.05, 0.1) is 16.0 Å². The van der Waals surface area contributed by atoms with Gasteiger partial charge in [0.1, 0.15) is 5.75 Å². The SMILES string of the molecule is CCCCCc1ccc(-c2cc3ccc(OCC)cc3sc2=S)c(C(F)(F)F)c1. The molecule has 0 bridgehead atoms. The normalized spacial score (nSPS) is 11.8. The average molecular weight is 437 g/mol. The number of hydrogen-bond acceptors (Lipinski definition) is 3. The Labute approximate surface area is 178 Å². The maximum atomic E-state index is 13.8. The van der Waals surface area contributed by atoms with Gasteiger partial charge in [-0.25, -0.2) is 0 Å². The van der Waals surface area contributed by atoms with Crippen molar-refractivity contribution in [2.45, 2.75) is 45.7 Å². The van der Waals surface area contributed by atoms with Crippen LogP contribution in [0.25, 0.3) is 21.2 Å². The molecular formula is C23H23F3OS2. The third-order valence-electron chi connectivity index (χ3n) is 4.77. The predicted octanol–water partition coefficient (Wildman–Crippen LogP) is 8.45. The molecule has 1 heterocycles. The van der Waals surface area contributed by atoms with E-state index in [0.717, 1.165) is 35.1 Å². The number of rotatable bonds is 7. The molecule has 0 fully saturated rings. The van der Waals surface area contributed by atoms with Gasteiger partial charge < -0.3 is 4.74 Å². The van der Waals surface area contributed by atoms with Gasteiger partial charge in [-0.15, -0.1) is 11.3 Å². The van der Waals surface area contributed by atoms with Crippen molar-refractivity contribution in [2.24, 2.45) is 0 Å². The zero-order valence-electron chi connectivity index (χ0n) is 16.4. The summed E-state index contributed by atoms with van der Waals surface area (Å²) >= 11 is 6.79. The van der Waals surface area contributed by atoms with E-state index >= 15 is 0 Å². The minimum atomic E-state index is -4.43. The number of unbranched alkanes of at least 4 members (excludes halogenated alkanes) is 2. The fourth-order valence-electron chi connectivity index (χ4n) is 3.33. The molecule has 2 aromatic carbocycles. The first kappa shape index (κ1) is 21.8.